The van der Waals surface area contributed by atoms with Gasteiger partial charge in [-0.1, -0.05) is 13.3 Å². The van der Waals surface area contributed by atoms with Gasteiger partial charge in [0, 0.05) is 26.2 Å². The summed E-state index contributed by atoms with van der Waals surface area (Å²) in [6.07, 6.45) is 5.20. The largest absolute Gasteiger partial charge is 0.370 e. The number of hydrogen-bond acceptors (Lipinski definition) is 3. The Hall–Kier alpha value is -0.820. The molecular formula is C12H26N4O2S. The summed E-state index contributed by atoms with van der Waals surface area (Å²) in [5, 5.41) is 3.08. The van der Waals surface area contributed by atoms with Gasteiger partial charge in [-0.05, 0) is 25.2 Å². The maximum atomic E-state index is 11.4. The van der Waals surface area contributed by atoms with Crippen LogP contribution in [0.25, 0.3) is 0 Å². The minimum Gasteiger partial charge on any atom is -0.370 e. The summed E-state index contributed by atoms with van der Waals surface area (Å²) < 4.78 is 24.3. The molecular weight excluding hydrogens is 264 g/mol. The molecule has 0 atom stereocenters. The molecule has 7 heteroatoms. The van der Waals surface area contributed by atoms with Crippen LogP contribution in [-0.2, 0) is 10.0 Å². The number of unbranched alkanes of at least 4 members (excludes halogenated alkanes) is 1. The second-order valence-corrected chi connectivity index (χ2v) is 7.09. The van der Waals surface area contributed by atoms with Gasteiger partial charge in [0.25, 0.3) is 0 Å². The van der Waals surface area contributed by atoms with Gasteiger partial charge >= 0.3 is 0 Å². The first-order chi connectivity index (χ1) is 8.93. The van der Waals surface area contributed by atoms with Crippen LogP contribution in [0.3, 0.4) is 0 Å². The molecule has 1 fully saturated rings. The van der Waals surface area contributed by atoms with Crippen molar-refractivity contribution in [2.75, 3.05) is 32.4 Å². The van der Waals surface area contributed by atoms with Crippen molar-refractivity contribution in [1.29, 1.82) is 0 Å². The van der Waals surface area contributed by atoms with E-state index in [1.54, 1.807) is 0 Å². The summed E-state index contributed by atoms with van der Waals surface area (Å²) in [6.45, 7) is 4.87. The van der Waals surface area contributed by atoms with Crippen LogP contribution in [0, 0.1) is 5.92 Å². The molecule has 0 bridgehead atoms. The van der Waals surface area contributed by atoms with E-state index in [2.05, 4.69) is 17.2 Å². The molecule has 1 aliphatic rings. The zero-order valence-electron chi connectivity index (χ0n) is 11.9. The van der Waals surface area contributed by atoms with Gasteiger partial charge in [-0.2, -0.15) is 0 Å². The summed E-state index contributed by atoms with van der Waals surface area (Å²) in [7, 11) is -3.04. The van der Waals surface area contributed by atoms with Crippen molar-refractivity contribution in [1.82, 2.24) is 9.62 Å². The highest BCUT2D eigenvalue weighted by molar-refractivity contribution is 7.88. The van der Waals surface area contributed by atoms with Gasteiger partial charge in [0.15, 0.2) is 5.96 Å². The summed E-state index contributed by atoms with van der Waals surface area (Å²) >= 11 is 0. The Balaban J connectivity index is 2.27. The van der Waals surface area contributed by atoms with Crippen molar-refractivity contribution >= 4 is 16.0 Å². The van der Waals surface area contributed by atoms with Gasteiger partial charge in [-0.15, -0.1) is 0 Å². The van der Waals surface area contributed by atoms with Crippen molar-refractivity contribution in [3.05, 3.63) is 0 Å². The number of hydrogen-bond donors (Lipinski definition) is 2. The first kappa shape index (κ1) is 16.2. The lowest BCUT2D eigenvalue weighted by Crippen LogP contribution is -2.39. The fourth-order valence-electron chi connectivity index (χ4n) is 2.10. The number of aliphatic imine (C=N–C) groups is 1. The molecule has 0 aromatic heterocycles. The highest BCUT2D eigenvalue weighted by Crippen LogP contribution is 2.19. The van der Waals surface area contributed by atoms with E-state index in [1.165, 1.54) is 10.6 Å². The normalized spacial score (nSPS) is 19.6. The molecule has 1 saturated heterocycles. The summed E-state index contributed by atoms with van der Waals surface area (Å²) in [5.41, 5.74) is 5.76. The molecule has 1 heterocycles. The number of rotatable bonds is 6. The maximum absolute atomic E-state index is 11.4. The zero-order chi connectivity index (χ0) is 14.3. The van der Waals surface area contributed by atoms with E-state index in [1.807, 2.05) is 0 Å². The average Bonchev–Trinajstić information content (AvgIpc) is 2.36. The Kier molecular flexibility index (Phi) is 6.57. The molecule has 112 valence electrons. The van der Waals surface area contributed by atoms with Crippen LogP contribution < -0.4 is 11.1 Å². The third-order valence-electron chi connectivity index (χ3n) is 3.40. The topological polar surface area (TPSA) is 87.8 Å². The molecule has 0 aromatic carbocycles. The van der Waals surface area contributed by atoms with Gasteiger partial charge in [0.05, 0.1) is 6.26 Å². The highest BCUT2D eigenvalue weighted by atomic mass is 32.2. The van der Waals surface area contributed by atoms with E-state index in [0.717, 1.165) is 32.2 Å². The molecule has 0 spiro atoms. The fraction of sp³-hybridized carbons (Fsp3) is 0.917. The molecule has 19 heavy (non-hydrogen) atoms. The molecule has 0 amide bonds. The Morgan fingerprint density at radius 1 is 1.42 bits per heavy atom. The molecule has 6 nitrogen and oxygen atoms in total. The number of nitrogens with zero attached hydrogens (tertiary/aromatic N) is 2. The van der Waals surface area contributed by atoms with Crippen LogP contribution in [-0.4, -0.2) is 51.1 Å². The molecule has 0 saturated carbocycles. The van der Waals surface area contributed by atoms with E-state index < -0.39 is 10.0 Å². The van der Waals surface area contributed by atoms with E-state index in [0.29, 0.717) is 31.5 Å². The highest BCUT2D eigenvalue weighted by Gasteiger charge is 2.24. The second kappa shape index (κ2) is 7.69. The number of sulfonamides is 1. The molecule has 0 radical (unpaired) electrons. The molecule has 1 aliphatic heterocycles. The number of nitrogens with two attached hydrogens (primary N) is 1. The van der Waals surface area contributed by atoms with Crippen molar-refractivity contribution in [3.63, 3.8) is 0 Å². The Labute approximate surface area is 116 Å². The molecule has 1 rings (SSSR count). The molecule has 0 aromatic rings. The zero-order valence-corrected chi connectivity index (χ0v) is 12.7. The number of nitrogens with one attached hydrogen (secondary N) is 1. The Morgan fingerprint density at radius 2 is 2.05 bits per heavy atom. The van der Waals surface area contributed by atoms with Gasteiger partial charge in [0.2, 0.25) is 10.0 Å². The molecule has 3 N–H and O–H groups in total. The first-order valence-corrected chi connectivity index (χ1v) is 8.77. The van der Waals surface area contributed by atoms with Gasteiger partial charge in [-0.3, -0.25) is 4.99 Å². The van der Waals surface area contributed by atoms with Gasteiger partial charge in [0.1, 0.15) is 0 Å². The van der Waals surface area contributed by atoms with Crippen LogP contribution in [0.4, 0.5) is 0 Å². The standard InChI is InChI=1S/C12H26N4O2S/c1-3-4-7-14-12(13)15-10-11-5-8-16(9-6-11)19(2,17)18/h11H,3-10H2,1-2H3,(H3,13,14,15). The lowest BCUT2D eigenvalue weighted by atomic mass is 9.98. The van der Waals surface area contributed by atoms with Crippen LogP contribution in [0.15, 0.2) is 4.99 Å². The summed E-state index contributed by atoms with van der Waals surface area (Å²) in [6, 6.07) is 0. The van der Waals surface area contributed by atoms with E-state index in [9.17, 15) is 8.42 Å². The fourth-order valence-corrected chi connectivity index (χ4v) is 2.97. The quantitative estimate of drug-likeness (QED) is 0.420. The van der Waals surface area contributed by atoms with Crippen molar-refractivity contribution in [2.24, 2.45) is 16.6 Å². The van der Waals surface area contributed by atoms with E-state index in [4.69, 9.17) is 5.73 Å². The van der Waals surface area contributed by atoms with E-state index in [-0.39, 0.29) is 0 Å². The minimum absolute atomic E-state index is 0.435. The predicted molar refractivity (Wildman–Crippen MR) is 78.5 cm³/mol. The predicted octanol–water partition coefficient (Wildman–Crippen LogP) is 0.362. The summed E-state index contributed by atoms with van der Waals surface area (Å²) in [4.78, 5) is 4.32. The average molecular weight is 290 g/mol. The SMILES string of the molecule is CCCCNC(N)=NCC1CCN(S(C)(=O)=O)CC1. The van der Waals surface area contributed by atoms with Gasteiger partial charge < -0.3 is 11.1 Å². The second-order valence-electron chi connectivity index (χ2n) is 5.11. The number of piperidine rings is 1. The lowest BCUT2D eigenvalue weighted by Gasteiger charge is -2.29. The van der Waals surface area contributed by atoms with Crippen molar-refractivity contribution in [2.45, 2.75) is 32.6 Å². The third-order valence-corrected chi connectivity index (χ3v) is 4.70. The lowest BCUT2D eigenvalue weighted by molar-refractivity contribution is 0.280. The minimum atomic E-state index is -3.04. The molecule has 0 aliphatic carbocycles. The van der Waals surface area contributed by atoms with Crippen LogP contribution in [0.5, 0.6) is 0 Å². The van der Waals surface area contributed by atoms with Crippen LogP contribution >= 0.6 is 0 Å². The monoisotopic (exact) mass is 290 g/mol. The Morgan fingerprint density at radius 3 is 2.58 bits per heavy atom. The molecule has 0 unspecified atom stereocenters. The maximum Gasteiger partial charge on any atom is 0.211 e. The third kappa shape index (κ3) is 6.24. The van der Waals surface area contributed by atoms with E-state index >= 15 is 0 Å². The first-order valence-electron chi connectivity index (χ1n) is 6.92. The smallest absolute Gasteiger partial charge is 0.211 e. The summed E-state index contributed by atoms with van der Waals surface area (Å²) in [5.74, 6) is 0.934. The van der Waals surface area contributed by atoms with Crippen LogP contribution in [0.1, 0.15) is 32.6 Å². The van der Waals surface area contributed by atoms with Crippen molar-refractivity contribution in [3.8, 4) is 0 Å². The van der Waals surface area contributed by atoms with Gasteiger partial charge in [-0.25, -0.2) is 12.7 Å². The Bertz CT molecular complexity index is 387. The van der Waals surface area contributed by atoms with Crippen molar-refractivity contribution < 1.29 is 8.42 Å². The number of guanidine groups is 1. The van der Waals surface area contributed by atoms with Crippen LogP contribution in [0.2, 0.25) is 0 Å².